The lowest BCUT2D eigenvalue weighted by Crippen LogP contribution is -2.45. The lowest BCUT2D eigenvalue weighted by Gasteiger charge is -2.27. The molecule has 0 radical (unpaired) electrons. The first-order chi connectivity index (χ1) is 13.1. The maximum Gasteiger partial charge on any atom is 0.317 e. The standard InChI is InChI=1S/C18H18N4O4S/c1-22(9-15-20-12-6-7-27-16(12)17(23)21-15)18(24)19-8-11-10-25-13-4-2-3-5-14(13)26-11/h2-7,11H,8-10H2,1H3,(H,19,24)(H,20,21,23)/t11-/m0/s1. The van der Waals surface area contributed by atoms with Crippen molar-refractivity contribution in [3.05, 3.63) is 51.9 Å². The third kappa shape index (κ3) is 3.72. The van der Waals surface area contributed by atoms with Gasteiger partial charge in [-0.1, -0.05) is 12.1 Å². The van der Waals surface area contributed by atoms with Crippen LogP contribution in [0.4, 0.5) is 4.79 Å². The summed E-state index contributed by atoms with van der Waals surface area (Å²) in [6, 6.07) is 8.93. The number of aromatic amines is 1. The molecule has 3 heterocycles. The highest BCUT2D eigenvalue weighted by Crippen LogP contribution is 2.30. The van der Waals surface area contributed by atoms with Crippen LogP contribution in [0.2, 0.25) is 0 Å². The van der Waals surface area contributed by atoms with Gasteiger partial charge in [0.25, 0.3) is 5.56 Å². The number of carbonyl (C=O) groups is 1. The number of carbonyl (C=O) groups excluding carboxylic acids is 1. The van der Waals surface area contributed by atoms with E-state index < -0.39 is 0 Å². The zero-order chi connectivity index (χ0) is 18.8. The smallest absolute Gasteiger partial charge is 0.317 e. The summed E-state index contributed by atoms with van der Waals surface area (Å²) in [4.78, 5) is 32.9. The number of aromatic nitrogens is 2. The van der Waals surface area contributed by atoms with Crippen molar-refractivity contribution >= 4 is 27.6 Å². The molecule has 0 fully saturated rings. The number of H-pyrrole nitrogens is 1. The molecule has 2 amide bonds. The highest BCUT2D eigenvalue weighted by Gasteiger charge is 2.22. The van der Waals surface area contributed by atoms with E-state index in [1.165, 1.54) is 16.2 Å². The van der Waals surface area contributed by atoms with Crippen LogP contribution in [0.15, 0.2) is 40.5 Å². The third-order valence-corrected chi connectivity index (χ3v) is 5.05. The Labute approximate surface area is 158 Å². The molecule has 8 nitrogen and oxygen atoms in total. The number of ether oxygens (including phenoxy) is 2. The Kier molecular flexibility index (Phi) is 4.68. The fraction of sp³-hybridized carbons (Fsp3) is 0.278. The van der Waals surface area contributed by atoms with Crippen LogP contribution in [0.5, 0.6) is 11.5 Å². The average molecular weight is 386 g/mol. The number of nitrogens with one attached hydrogen (secondary N) is 2. The normalized spacial score (nSPS) is 15.5. The van der Waals surface area contributed by atoms with Gasteiger partial charge in [-0.15, -0.1) is 11.3 Å². The Hall–Kier alpha value is -3.07. The number of amides is 2. The first-order valence-electron chi connectivity index (χ1n) is 8.44. The van der Waals surface area contributed by atoms with E-state index in [1.54, 1.807) is 13.1 Å². The van der Waals surface area contributed by atoms with Crippen LogP contribution in [0.1, 0.15) is 5.82 Å². The number of fused-ring (bicyclic) bond motifs is 2. The third-order valence-electron chi connectivity index (χ3n) is 4.15. The van der Waals surface area contributed by atoms with E-state index in [1.807, 2.05) is 29.6 Å². The van der Waals surface area contributed by atoms with Crippen LogP contribution in [0, 0.1) is 0 Å². The molecule has 0 aliphatic carbocycles. The van der Waals surface area contributed by atoms with Gasteiger partial charge >= 0.3 is 6.03 Å². The van der Waals surface area contributed by atoms with Crippen molar-refractivity contribution in [1.29, 1.82) is 0 Å². The van der Waals surface area contributed by atoms with Crippen molar-refractivity contribution in [1.82, 2.24) is 20.2 Å². The van der Waals surface area contributed by atoms with E-state index in [2.05, 4.69) is 15.3 Å². The number of nitrogens with zero attached hydrogens (tertiary/aromatic N) is 2. The van der Waals surface area contributed by atoms with E-state index in [9.17, 15) is 9.59 Å². The second kappa shape index (κ2) is 7.28. The topological polar surface area (TPSA) is 96.6 Å². The van der Waals surface area contributed by atoms with Crippen molar-refractivity contribution in [2.24, 2.45) is 0 Å². The summed E-state index contributed by atoms with van der Waals surface area (Å²) in [5.41, 5.74) is 0.448. The summed E-state index contributed by atoms with van der Waals surface area (Å²) in [7, 11) is 1.64. The molecule has 140 valence electrons. The molecule has 1 aromatic carbocycles. The summed E-state index contributed by atoms with van der Waals surface area (Å²) in [5.74, 6) is 1.81. The molecule has 27 heavy (non-hydrogen) atoms. The van der Waals surface area contributed by atoms with Gasteiger partial charge in [-0.25, -0.2) is 9.78 Å². The fourth-order valence-electron chi connectivity index (χ4n) is 2.79. The molecule has 4 rings (SSSR count). The van der Waals surface area contributed by atoms with Crippen molar-refractivity contribution in [2.45, 2.75) is 12.6 Å². The molecule has 3 aromatic rings. The number of hydrogen-bond donors (Lipinski definition) is 2. The number of benzene rings is 1. The van der Waals surface area contributed by atoms with Crippen molar-refractivity contribution in [3.8, 4) is 11.5 Å². The SMILES string of the molecule is CN(Cc1nc2ccsc2c(=O)[nH]1)C(=O)NC[C@H]1COc2ccccc2O1. The predicted octanol–water partition coefficient (Wildman–Crippen LogP) is 1.97. The largest absolute Gasteiger partial charge is 0.486 e. The Balaban J connectivity index is 1.33. The van der Waals surface area contributed by atoms with Gasteiger partial charge in [-0.3, -0.25) is 4.79 Å². The van der Waals surface area contributed by atoms with Gasteiger partial charge in [0.2, 0.25) is 0 Å². The molecule has 0 bridgehead atoms. The molecule has 0 spiro atoms. The zero-order valence-corrected chi connectivity index (χ0v) is 15.4. The van der Waals surface area contributed by atoms with E-state index in [-0.39, 0.29) is 24.2 Å². The molecular formula is C18H18N4O4S. The number of thiophene rings is 1. The summed E-state index contributed by atoms with van der Waals surface area (Å²) in [6.45, 7) is 0.868. The van der Waals surface area contributed by atoms with E-state index in [0.29, 0.717) is 40.7 Å². The fourth-order valence-corrected chi connectivity index (χ4v) is 3.52. The van der Waals surface area contributed by atoms with Crippen LogP contribution >= 0.6 is 11.3 Å². The summed E-state index contributed by atoms with van der Waals surface area (Å²) < 4.78 is 12.0. The van der Waals surface area contributed by atoms with Gasteiger partial charge in [0.05, 0.1) is 18.6 Å². The van der Waals surface area contributed by atoms with Crippen LogP contribution < -0.4 is 20.3 Å². The highest BCUT2D eigenvalue weighted by molar-refractivity contribution is 7.17. The number of urea groups is 1. The Bertz CT molecular complexity index is 1030. The monoisotopic (exact) mass is 386 g/mol. The van der Waals surface area contributed by atoms with Gasteiger partial charge in [0, 0.05) is 7.05 Å². The van der Waals surface area contributed by atoms with Crippen molar-refractivity contribution < 1.29 is 14.3 Å². The maximum atomic E-state index is 12.3. The lowest BCUT2D eigenvalue weighted by atomic mass is 10.2. The zero-order valence-electron chi connectivity index (χ0n) is 14.6. The molecule has 0 saturated carbocycles. The van der Waals surface area contributed by atoms with Crippen molar-refractivity contribution in [2.75, 3.05) is 20.2 Å². The summed E-state index contributed by atoms with van der Waals surface area (Å²) >= 11 is 1.34. The summed E-state index contributed by atoms with van der Waals surface area (Å²) in [6.07, 6.45) is -0.266. The van der Waals surface area contributed by atoms with Gasteiger partial charge in [0.1, 0.15) is 17.1 Å². The second-order valence-electron chi connectivity index (χ2n) is 6.19. The minimum Gasteiger partial charge on any atom is -0.486 e. The van der Waals surface area contributed by atoms with Gasteiger partial charge < -0.3 is 24.7 Å². The first kappa shape index (κ1) is 17.3. The van der Waals surface area contributed by atoms with Crippen molar-refractivity contribution in [3.63, 3.8) is 0 Å². The predicted molar refractivity (Wildman–Crippen MR) is 101 cm³/mol. The molecule has 1 aliphatic heterocycles. The lowest BCUT2D eigenvalue weighted by molar-refractivity contribution is 0.0904. The number of rotatable bonds is 4. The van der Waals surface area contributed by atoms with Gasteiger partial charge in [-0.05, 0) is 23.6 Å². The van der Waals surface area contributed by atoms with Gasteiger partial charge in [-0.2, -0.15) is 0 Å². The molecule has 2 aromatic heterocycles. The first-order valence-corrected chi connectivity index (χ1v) is 9.32. The second-order valence-corrected chi connectivity index (χ2v) is 7.10. The number of hydrogen-bond acceptors (Lipinski definition) is 6. The Morgan fingerprint density at radius 2 is 2.19 bits per heavy atom. The van der Waals surface area contributed by atoms with Gasteiger partial charge in [0.15, 0.2) is 17.6 Å². The molecule has 0 saturated heterocycles. The van der Waals surface area contributed by atoms with Crippen LogP contribution in [-0.2, 0) is 6.54 Å². The quantitative estimate of drug-likeness (QED) is 0.715. The van der Waals surface area contributed by atoms with Crippen LogP contribution in [0.3, 0.4) is 0 Å². The van der Waals surface area contributed by atoms with Crippen LogP contribution in [0.25, 0.3) is 10.2 Å². The molecule has 0 unspecified atom stereocenters. The maximum absolute atomic E-state index is 12.3. The molecule has 1 aliphatic rings. The molecule has 9 heteroatoms. The summed E-state index contributed by atoms with van der Waals surface area (Å²) in [5, 5.41) is 4.63. The molecule has 2 N–H and O–H groups in total. The Morgan fingerprint density at radius 3 is 3.04 bits per heavy atom. The number of para-hydroxylation sites is 2. The van der Waals surface area contributed by atoms with E-state index in [4.69, 9.17) is 9.47 Å². The highest BCUT2D eigenvalue weighted by atomic mass is 32.1. The van der Waals surface area contributed by atoms with E-state index >= 15 is 0 Å². The minimum atomic E-state index is -0.287. The van der Waals surface area contributed by atoms with Crippen LogP contribution in [-0.4, -0.2) is 47.2 Å². The molecular weight excluding hydrogens is 368 g/mol. The minimum absolute atomic E-state index is 0.190. The Morgan fingerprint density at radius 1 is 1.37 bits per heavy atom. The van der Waals surface area contributed by atoms with E-state index in [0.717, 1.165) is 0 Å². The average Bonchev–Trinajstić information content (AvgIpc) is 3.15. The molecule has 1 atom stereocenters.